The standard InChI is InChI=1S/C16H19N3O2/c1-11(20)17-10-12-6-8-14(9-7-12)16-18-15(19-21-16)13-4-2-3-5-13/h6-9,13H,2-5,10H2,1H3,(H,17,20). The summed E-state index contributed by atoms with van der Waals surface area (Å²) in [6.45, 7) is 2.05. The van der Waals surface area contributed by atoms with Crippen molar-refractivity contribution in [1.29, 1.82) is 0 Å². The van der Waals surface area contributed by atoms with Gasteiger partial charge in [-0.3, -0.25) is 4.79 Å². The molecule has 0 radical (unpaired) electrons. The van der Waals surface area contributed by atoms with Gasteiger partial charge in [0, 0.05) is 24.9 Å². The molecule has 5 nitrogen and oxygen atoms in total. The highest BCUT2D eigenvalue weighted by atomic mass is 16.5. The summed E-state index contributed by atoms with van der Waals surface area (Å²) < 4.78 is 5.37. The van der Waals surface area contributed by atoms with Crippen molar-refractivity contribution in [2.75, 3.05) is 0 Å². The first-order valence-electron chi connectivity index (χ1n) is 7.40. The summed E-state index contributed by atoms with van der Waals surface area (Å²) >= 11 is 0. The largest absolute Gasteiger partial charge is 0.352 e. The predicted molar refractivity (Wildman–Crippen MR) is 78.5 cm³/mol. The summed E-state index contributed by atoms with van der Waals surface area (Å²) in [6, 6.07) is 7.82. The zero-order chi connectivity index (χ0) is 14.7. The summed E-state index contributed by atoms with van der Waals surface area (Å²) in [5.74, 6) is 1.84. The van der Waals surface area contributed by atoms with Gasteiger partial charge in [-0.1, -0.05) is 30.1 Å². The van der Waals surface area contributed by atoms with Crippen molar-refractivity contribution in [2.45, 2.75) is 45.1 Å². The number of benzene rings is 1. The lowest BCUT2D eigenvalue weighted by molar-refractivity contribution is -0.119. The maximum absolute atomic E-state index is 10.9. The zero-order valence-electron chi connectivity index (χ0n) is 12.1. The smallest absolute Gasteiger partial charge is 0.257 e. The Kier molecular flexibility index (Phi) is 3.99. The van der Waals surface area contributed by atoms with Gasteiger partial charge in [0.25, 0.3) is 5.89 Å². The summed E-state index contributed by atoms with van der Waals surface area (Å²) in [6.07, 6.45) is 4.84. The monoisotopic (exact) mass is 285 g/mol. The van der Waals surface area contributed by atoms with E-state index >= 15 is 0 Å². The first-order chi connectivity index (χ1) is 10.2. The highest BCUT2D eigenvalue weighted by Crippen LogP contribution is 2.33. The molecule has 0 saturated heterocycles. The Hall–Kier alpha value is -2.17. The van der Waals surface area contributed by atoms with Crippen molar-refractivity contribution >= 4 is 5.91 Å². The molecule has 0 spiro atoms. The van der Waals surface area contributed by atoms with Crippen molar-refractivity contribution in [2.24, 2.45) is 0 Å². The first kappa shape index (κ1) is 13.8. The van der Waals surface area contributed by atoms with Crippen LogP contribution in [-0.2, 0) is 11.3 Å². The number of hydrogen-bond acceptors (Lipinski definition) is 4. The van der Waals surface area contributed by atoms with E-state index in [1.807, 2.05) is 24.3 Å². The molecule has 21 heavy (non-hydrogen) atoms. The van der Waals surface area contributed by atoms with Crippen LogP contribution in [0.5, 0.6) is 0 Å². The van der Waals surface area contributed by atoms with E-state index in [9.17, 15) is 4.79 Å². The summed E-state index contributed by atoms with van der Waals surface area (Å²) in [4.78, 5) is 15.4. The fourth-order valence-electron chi connectivity index (χ4n) is 2.69. The Morgan fingerprint density at radius 3 is 2.67 bits per heavy atom. The average molecular weight is 285 g/mol. The lowest BCUT2D eigenvalue weighted by Crippen LogP contribution is -2.18. The molecule has 3 rings (SSSR count). The van der Waals surface area contributed by atoms with E-state index in [1.165, 1.54) is 19.8 Å². The third-order valence-electron chi connectivity index (χ3n) is 3.90. The normalized spacial score (nSPS) is 15.3. The van der Waals surface area contributed by atoms with Crippen LogP contribution < -0.4 is 5.32 Å². The fourth-order valence-corrected chi connectivity index (χ4v) is 2.69. The molecule has 1 saturated carbocycles. The Bertz CT molecular complexity index is 613. The highest BCUT2D eigenvalue weighted by Gasteiger charge is 2.22. The lowest BCUT2D eigenvalue weighted by Gasteiger charge is -2.02. The molecule has 1 aromatic heterocycles. The van der Waals surface area contributed by atoms with Crippen LogP contribution in [0.25, 0.3) is 11.5 Å². The number of hydrogen-bond donors (Lipinski definition) is 1. The number of amides is 1. The van der Waals surface area contributed by atoms with Crippen LogP contribution in [0, 0.1) is 0 Å². The minimum Gasteiger partial charge on any atom is -0.352 e. The van der Waals surface area contributed by atoms with Gasteiger partial charge in [-0.2, -0.15) is 4.98 Å². The van der Waals surface area contributed by atoms with Crippen molar-refractivity contribution in [1.82, 2.24) is 15.5 Å². The third-order valence-corrected chi connectivity index (χ3v) is 3.90. The SMILES string of the molecule is CC(=O)NCc1ccc(-c2nc(C3CCCC3)no2)cc1. The molecule has 0 atom stereocenters. The van der Waals surface area contributed by atoms with Crippen LogP contribution in [0.3, 0.4) is 0 Å². The van der Waals surface area contributed by atoms with E-state index in [0.29, 0.717) is 18.4 Å². The van der Waals surface area contributed by atoms with E-state index in [2.05, 4.69) is 15.5 Å². The molecule has 1 aliphatic carbocycles. The molecule has 1 heterocycles. The molecule has 0 unspecified atom stereocenters. The van der Waals surface area contributed by atoms with E-state index in [-0.39, 0.29) is 5.91 Å². The number of aromatic nitrogens is 2. The number of nitrogens with zero attached hydrogens (tertiary/aromatic N) is 2. The minimum atomic E-state index is -0.0304. The Morgan fingerprint density at radius 1 is 1.29 bits per heavy atom. The van der Waals surface area contributed by atoms with Gasteiger partial charge >= 0.3 is 0 Å². The molecule has 5 heteroatoms. The Morgan fingerprint density at radius 2 is 2.00 bits per heavy atom. The van der Waals surface area contributed by atoms with Crippen LogP contribution in [0.15, 0.2) is 28.8 Å². The van der Waals surface area contributed by atoms with Crippen LogP contribution >= 0.6 is 0 Å². The van der Waals surface area contributed by atoms with Gasteiger partial charge in [0.15, 0.2) is 5.82 Å². The molecular weight excluding hydrogens is 266 g/mol. The summed E-state index contributed by atoms with van der Waals surface area (Å²) in [7, 11) is 0. The Labute approximate surface area is 123 Å². The quantitative estimate of drug-likeness (QED) is 0.937. The molecule has 1 N–H and O–H groups in total. The average Bonchev–Trinajstić information content (AvgIpc) is 3.16. The third kappa shape index (κ3) is 3.29. The van der Waals surface area contributed by atoms with Gasteiger partial charge in [0.2, 0.25) is 5.91 Å². The fraction of sp³-hybridized carbons (Fsp3) is 0.438. The first-order valence-corrected chi connectivity index (χ1v) is 7.40. The maximum atomic E-state index is 10.9. The molecule has 0 aliphatic heterocycles. The van der Waals surface area contributed by atoms with E-state index < -0.39 is 0 Å². The van der Waals surface area contributed by atoms with Gasteiger partial charge in [-0.15, -0.1) is 0 Å². The molecule has 0 bridgehead atoms. The van der Waals surface area contributed by atoms with Gasteiger partial charge in [-0.05, 0) is 30.5 Å². The second-order valence-electron chi connectivity index (χ2n) is 5.55. The number of carbonyl (C=O) groups is 1. The number of rotatable bonds is 4. The van der Waals surface area contributed by atoms with Gasteiger partial charge in [0.1, 0.15) is 0 Å². The second-order valence-corrected chi connectivity index (χ2v) is 5.55. The zero-order valence-corrected chi connectivity index (χ0v) is 12.1. The second kappa shape index (κ2) is 6.08. The van der Waals surface area contributed by atoms with Crippen molar-refractivity contribution in [3.63, 3.8) is 0 Å². The van der Waals surface area contributed by atoms with E-state index in [4.69, 9.17) is 4.52 Å². The Balaban J connectivity index is 1.70. The van der Waals surface area contributed by atoms with Crippen LogP contribution in [0.2, 0.25) is 0 Å². The van der Waals surface area contributed by atoms with Crippen molar-refractivity contribution < 1.29 is 9.32 Å². The summed E-state index contributed by atoms with van der Waals surface area (Å²) in [5, 5.41) is 6.89. The molecule has 1 aromatic carbocycles. The van der Waals surface area contributed by atoms with Crippen LogP contribution in [0.4, 0.5) is 0 Å². The molecule has 1 fully saturated rings. The van der Waals surface area contributed by atoms with Gasteiger partial charge in [-0.25, -0.2) is 0 Å². The van der Waals surface area contributed by atoms with Crippen molar-refractivity contribution in [3.8, 4) is 11.5 Å². The van der Waals surface area contributed by atoms with Gasteiger partial charge in [0.05, 0.1) is 0 Å². The molecule has 110 valence electrons. The van der Waals surface area contributed by atoms with Crippen LogP contribution in [-0.4, -0.2) is 16.0 Å². The highest BCUT2D eigenvalue weighted by molar-refractivity contribution is 5.72. The molecule has 1 aliphatic rings. The van der Waals surface area contributed by atoms with Crippen molar-refractivity contribution in [3.05, 3.63) is 35.7 Å². The number of carbonyl (C=O) groups excluding carboxylic acids is 1. The molecule has 2 aromatic rings. The van der Waals surface area contributed by atoms with Gasteiger partial charge < -0.3 is 9.84 Å². The van der Waals surface area contributed by atoms with Crippen LogP contribution in [0.1, 0.15) is 49.9 Å². The minimum absolute atomic E-state index is 0.0304. The number of nitrogens with one attached hydrogen (secondary N) is 1. The lowest BCUT2D eigenvalue weighted by atomic mass is 10.1. The molecule has 1 amide bonds. The maximum Gasteiger partial charge on any atom is 0.257 e. The predicted octanol–water partition coefficient (Wildman–Crippen LogP) is 3.03. The summed E-state index contributed by atoms with van der Waals surface area (Å²) in [5.41, 5.74) is 1.96. The molecular formula is C16H19N3O2. The van der Waals surface area contributed by atoms with E-state index in [1.54, 1.807) is 0 Å². The van der Waals surface area contributed by atoms with E-state index in [0.717, 1.165) is 29.8 Å². The topological polar surface area (TPSA) is 68.0 Å².